The Morgan fingerprint density at radius 2 is 1.86 bits per heavy atom. The normalized spacial score (nSPS) is 17.0. The van der Waals surface area contributed by atoms with Crippen LogP contribution in [0.15, 0.2) is 17.3 Å². The molecule has 1 aromatic rings. The van der Waals surface area contributed by atoms with E-state index < -0.39 is 10.0 Å². The summed E-state index contributed by atoms with van der Waals surface area (Å²) < 4.78 is 27.3. The molecule has 0 atom stereocenters. The minimum absolute atomic E-state index is 0.0588. The van der Waals surface area contributed by atoms with E-state index in [0.29, 0.717) is 12.5 Å². The van der Waals surface area contributed by atoms with Gasteiger partial charge in [0.25, 0.3) is 0 Å². The van der Waals surface area contributed by atoms with Crippen LogP contribution in [-0.4, -0.2) is 35.3 Å². The molecular weight excluding hydrogens is 310 g/mol. The van der Waals surface area contributed by atoms with E-state index >= 15 is 0 Å². The molecule has 0 spiro atoms. The summed E-state index contributed by atoms with van der Waals surface area (Å²) in [5.74, 6) is 0.463. The van der Waals surface area contributed by atoms with Gasteiger partial charge in [-0.3, -0.25) is 0 Å². The molecule has 0 bridgehead atoms. The molecule has 5 nitrogen and oxygen atoms in total. The molecule has 0 N–H and O–H groups in total. The zero-order chi connectivity index (χ0) is 15.5. The standard InChI is InChI=1S/C14H22ClN3O2S/c1-11(2)7-8-18(12-5-3-4-6-12)21(19,20)13-9-16-14(15)17-10-13/h9-12H,3-8H2,1-2H3. The average molecular weight is 332 g/mol. The Hall–Kier alpha value is -0.720. The quantitative estimate of drug-likeness (QED) is 0.751. The molecule has 21 heavy (non-hydrogen) atoms. The van der Waals surface area contributed by atoms with Gasteiger partial charge >= 0.3 is 0 Å². The van der Waals surface area contributed by atoms with Gasteiger partial charge in [0.1, 0.15) is 4.90 Å². The lowest BCUT2D eigenvalue weighted by molar-refractivity contribution is 0.304. The highest BCUT2D eigenvalue weighted by Crippen LogP contribution is 2.29. The molecule has 0 aromatic carbocycles. The van der Waals surface area contributed by atoms with Gasteiger partial charge in [-0.15, -0.1) is 0 Å². The maximum atomic E-state index is 12.8. The molecule has 0 unspecified atom stereocenters. The fraction of sp³-hybridized carbons (Fsp3) is 0.714. The lowest BCUT2D eigenvalue weighted by Crippen LogP contribution is -2.40. The summed E-state index contributed by atoms with van der Waals surface area (Å²) in [6, 6.07) is 0.101. The lowest BCUT2D eigenvalue weighted by atomic mass is 10.1. The number of sulfonamides is 1. The van der Waals surface area contributed by atoms with Gasteiger partial charge in [-0.05, 0) is 36.8 Å². The minimum Gasteiger partial charge on any atom is -0.225 e. The van der Waals surface area contributed by atoms with Gasteiger partial charge in [-0.25, -0.2) is 18.4 Å². The van der Waals surface area contributed by atoms with Crippen LogP contribution in [0.4, 0.5) is 0 Å². The maximum absolute atomic E-state index is 12.8. The Bertz CT molecular complexity index is 554. The predicted molar refractivity (Wildman–Crippen MR) is 82.6 cm³/mol. The van der Waals surface area contributed by atoms with E-state index in [-0.39, 0.29) is 16.2 Å². The topological polar surface area (TPSA) is 63.2 Å². The molecular formula is C14H22ClN3O2S. The first-order valence-corrected chi connectivity index (χ1v) is 9.22. The number of rotatable bonds is 6. The molecule has 0 amide bonds. The van der Waals surface area contributed by atoms with E-state index in [1.165, 1.54) is 12.4 Å². The molecule has 0 aliphatic heterocycles. The Labute approximate surface area is 131 Å². The molecule has 0 saturated heterocycles. The number of nitrogens with zero attached hydrogens (tertiary/aromatic N) is 3. The van der Waals surface area contributed by atoms with Crippen molar-refractivity contribution in [1.82, 2.24) is 14.3 Å². The van der Waals surface area contributed by atoms with Gasteiger partial charge in [0.2, 0.25) is 15.3 Å². The van der Waals surface area contributed by atoms with Gasteiger partial charge in [-0.1, -0.05) is 26.7 Å². The smallest absolute Gasteiger partial charge is 0.225 e. The summed E-state index contributed by atoms with van der Waals surface area (Å²) >= 11 is 5.64. The molecule has 1 heterocycles. The van der Waals surface area contributed by atoms with Gasteiger partial charge in [0, 0.05) is 12.6 Å². The Kier molecular flexibility index (Phi) is 5.57. The van der Waals surface area contributed by atoms with Gasteiger partial charge in [0.05, 0.1) is 12.4 Å². The van der Waals surface area contributed by atoms with Crippen LogP contribution in [0.1, 0.15) is 46.0 Å². The summed E-state index contributed by atoms with van der Waals surface area (Å²) in [5.41, 5.74) is 0. The third-order valence-corrected chi connectivity index (χ3v) is 5.96. The van der Waals surface area contributed by atoms with E-state index in [9.17, 15) is 8.42 Å². The number of halogens is 1. The van der Waals surface area contributed by atoms with Crippen molar-refractivity contribution < 1.29 is 8.42 Å². The van der Waals surface area contributed by atoms with Crippen molar-refractivity contribution in [2.45, 2.75) is 56.9 Å². The first-order valence-electron chi connectivity index (χ1n) is 7.40. The highest BCUT2D eigenvalue weighted by atomic mass is 35.5. The fourth-order valence-corrected chi connectivity index (χ4v) is 4.34. The number of hydrogen-bond donors (Lipinski definition) is 0. The van der Waals surface area contributed by atoms with Crippen molar-refractivity contribution in [1.29, 1.82) is 0 Å². The Morgan fingerprint density at radius 1 is 1.29 bits per heavy atom. The first-order chi connectivity index (χ1) is 9.91. The van der Waals surface area contributed by atoms with E-state index in [1.54, 1.807) is 4.31 Å². The summed E-state index contributed by atoms with van der Waals surface area (Å²) in [6.45, 7) is 4.75. The van der Waals surface area contributed by atoms with Crippen LogP contribution >= 0.6 is 11.6 Å². The van der Waals surface area contributed by atoms with Gasteiger partial charge in [0.15, 0.2) is 0 Å². The first kappa shape index (κ1) is 16.6. The fourth-order valence-electron chi connectivity index (χ4n) is 2.65. The molecule has 7 heteroatoms. The summed E-state index contributed by atoms with van der Waals surface area (Å²) in [4.78, 5) is 7.72. The van der Waals surface area contributed by atoms with Crippen LogP contribution in [0, 0.1) is 5.92 Å². The van der Waals surface area contributed by atoms with Crippen LogP contribution in [0.3, 0.4) is 0 Å². The second-order valence-electron chi connectivity index (χ2n) is 5.92. The van der Waals surface area contributed by atoms with Crippen molar-refractivity contribution in [3.05, 3.63) is 17.7 Å². The van der Waals surface area contributed by atoms with E-state index in [4.69, 9.17) is 11.6 Å². The largest absolute Gasteiger partial charge is 0.246 e. The summed E-state index contributed by atoms with van der Waals surface area (Å²) in [7, 11) is -3.55. The van der Waals surface area contributed by atoms with Crippen molar-refractivity contribution in [3.8, 4) is 0 Å². The van der Waals surface area contributed by atoms with Gasteiger partial charge < -0.3 is 0 Å². The maximum Gasteiger partial charge on any atom is 0.246 e. The molecule has 0 radical (unpaired) electrons. The Balaban J connectivity index is 2.26. The molecule has 1 aromatic heterocycles. The van der Waals surface area contributed by atoms with Crippen LogP contribution in [0.25, 0.3) is 0 Å². The molecule has 1 saturated carbocycles. The zero-order valence-corrected chi connectivity index (χ0v) is 14.1. The molecule has 1 aliphatic carbocycles. The molecule has 1 fully saturated rings. The zero-order valence-electron chi connectivity index (χ0n) is 12.5. The van der Waals surface area contributed by atoms with Crippen LogP contribution < -0.4 is 0 Å². The predicted octanol–water partition coefficient (Wildman–Crippen LogP) is 3.11. The number of aromatic nitrogens is 2. The van der Waals surface area contributed by atoms with Crippen molar-refractivity contribution in [2.24, 2.45) is 5.92 Å². The summed E-state index contributed by atoms with van der Waals surface area (Å²) in [6.07, 6.45) is 7.50. The monoisotopic (exact) mass is 331 g/mol. The van der Waals surface area contributed by atoms with Gasteiger partial charge in [-0.2, -0.15) is 4.31 Å². The van der Waals surface area contributed by atoms with Crippen molar-refractivity contribution in [2.75, 3.05) is 6.54 Å². The third kappa shape index (κ3) is 4.14. The van der Waals surface area contributed by atoms with Crippen molar-refractivity contribution >= 4 is 21.6 Å². The minimum atomic E-state index is -3.55. The SMILES string of the molecule is CC(C)CCN(C1CCCC1)S(=O)(=O)c1cnc(Cl)nc1. The highest BCUT2D eigenvalue weighted by molar-refractivity contribution is 7.89. The Morgan fingerprint density at radius 3 is 2.38 bits per heavy atom. The highest BCUT2D eigenvalue weighted by Gasteiger charge is 2.33. The second-order valence-corrected chi connectivity index (χ2v) is 8.15. The van der Waals surface area contributed by atoms with Crippen molar-refractivity contribution in [3.63, 3.8) is 0 Å². The third-order valence-electron chi connectivity index (χ3n) is 3.86. The summed E-state index contributed by atoms with van der Waals surface area (Å²) in [5, 5.41) is 0.0588. The second kappa shape index (κ2) is 7.03. The van der Waals surface area contributed by atoms with E-state index in [1.807, 2.05) is 0 Å². The molecule has 118 valence electrons. The molecule has 2 rings (SSSR count). The molecule has 1 aliphatic rings. The lowest BCUT2D eigenvalue weighted by Gasteiger charge is -2.28. The average Bonchev–Trinajstić information content (AvgIpc) is 2.92. The van der Waals surface area contributed by atoms with E-state index in [0.717, 1.165) is 32.1 Å². The van der Waals surface area contributed by atoms with Crippen LogP contribution in [0.5, 0.6) is 0 Å². The van der Waals surface area contributed by atoms with Crippen LogP contribution in [0.2, 0.25) is 5.28 Å². The van der Waals surface area contributed by atoms with E-state index in [2.05, 4.69) is 23.8 Å². The number of hydrogen-bond acceptors (Lipinski definition) is 4. The van der Waals surface area contributed by atoms with Crippen LogP contribution in [-0.2, 0) is 10.0 Å².